The highest BCUT2D eigenvalue weighted by atomic mass is 19.1. The fourth-order valence-electron chi connectivity index (χ4n) is 4.83. The molecule has 3 heterocycles. The van der Waals surface area contributed by atoms with Gasteiger partial charge in [-0.25, -0.2) is 4.39 Å². The molecule has 6 heteroatoms. The Kier molecular flexibility index (Phi) is 6.21. The number of pyridine rings is 1. The van der Waals surface area contributed by atoms with E-state index in [9.17, 15) is 9.18 Å². The van der Waals surface area contributed by atoms with Gasteiger partial charge < -0.3 is 10.2 Å². The first-order valence-electron chi connectivity index (χ1n) is 10.5. The second-order valence-corrected chi connectivity index (χ2v) is 8.41. The maximum Gasteiger partial charge on any atom is 0.228 e. The quantitative estimate of drug-likeness (QED) is 0.842. The number of benzene rings is 1. The molecule has 2 saturated heterocycles. The minimum Gasteiger partial charge on any atom is -0.326 e. The average molecular weight is 397 g/mol. The van der Waals surface area contributed by atoms with Gasteiger partial charge in [0.05, 0.1) is 5.92 Å². The molecular formula is C23H29FN4O. The van der Waals surface area contributed by atoms with Crippen LogP contribution in [-0.4, -0.2) is 53.4 Å². The Morgan fingerprint density at radius 2 is 2.07 bits per heavy atom. The van der Waals surface area contributed by atoms with Crippen molar-refractivity contribution in [1.29, 1.82) is 0 Å². The highest BCUT2D eigenvalue weighted by molar-refractivity contribution is 5.92. The lowest BCUT2D eigenvalue weighted by atomic mass is 9.86. The van der Waals surface area contributed by atoms with E-state index in [4.69, 9.17) is 0 Å². The molecule has 2 aromatic rings. The number of amides is 1. The molecule has 4 rings (SSSR count). The minimum atomic E-state index is -0.331. The van der Waals surface area contributed by atoms with Crippen LogP contribution in [0, 0.1) is 17.7 Å². The van der Waals surface area contributed by atoms with Crippen molar-refractivity contribution in [3.63, 3.8) is 0 Å². The molecule has 0 unspecified atom stereocenters. The maximum atomic E-state index is 13.4. The van der Waals surface area contributed by atoms with Gasteiger partial charge in [0.25, 0.3) is 0 Å². The molecule has 2 atom stereocenters. The molecule has 2 aliphatic heterocycles. The first-order valence-corrected chi connectivity index (χ1v) is 10.5. The Morgan fingerprint density at radius 1 is 1.24 bits per heavy atom. The van der Waals surface area contributed by atoms with Crippen LogP contribution >= 0.6 is 0 Å². The van der Waals surface area contributed by atoms with Crippen LogP contribution in [0.5, 0.6) is 0 Å². The molecule has 0 bridgehead atoms. The lowest BCUT2D eigenvalue weighted by molar-refractivity contribution is -0.119. The van der Waals surface area contributed by atoms with Crippen molar-refractivity contribution >= 4 is 11.6 Å². The van der Waals surface area contributed by atoms with Crippen LogP contribution in [0.25, 0.3) is 0 Å². The molecule has 0 radical (unpaired) electrons. The Hall–Kier alpha value is -2.31. The van der Waals surface area contributed by atoms with Crippen LogP contribution in [0.4, 0.5) is 10.1 Å². The van der Waals surface area contributed by atoms with E-state index in [1.807, 2.05) is 18.5 Å². The third-order valence-corrected chi connectivity index (χ3v) is 6.37. The topological polar surface area (TPSA) is 48.5 Å². The smallest absolute Gasteiger partial charge is 0.228 e. The van der Waals surface area contributed by atoms with Crippen LogP contribution in [0.2, 0.25) is 0 Å². The van der Waals surface area contributed by atoms with Crippen molar-refractivity contribution in [2.24, 2.45) is 11.8 Å². The molecule has 0 aliphatic carbocycles. The summed E-state index contributed by atoms with van der Waals surface area (Å²) in [5, 5.41) is 2.88. The van der Waals surface area contributed by atoms with Gasteiger partial charge in [0, 0.05) is 37.2 Å². The van der Waals surface area contributed by atoms with E-state index in [1.54, 1.807) is 12.1 Å². The fraction of sp³-hybridized carbons (Fsp3) is 0.478. The second kappa shape index (κ2) is 9.01. The maximum absolute atomic E-state index is 13.4. The third kappa shape index (κ3) is 5.00. The van der Waals surface area contributed by atoms with E-state index in [1.165, 1.54) is 17.7 Å². The van der Waals surface area contributed by atoms with Gasteiger partial charge in [0.2, 0.25) is 5.91 Å². The zero-order chi connectivity index (χ0) is 20.2. The van der Waals surface area contributed by atoms with Gasteiger partial charge in [-0.3, -0.25) is 14.7 Å². The first-order chi connectivity index (χ1) is 14.1. The predicted octanol–water partition coefficient (Wildman–Crippen LogP) is 3.39. The number of rotatable bonds is 5. The predicted molar refractivity (Wildman–Crippen MR) is 112 cm³/mol. The number of carbonyl (C=O) groups excluding carboxylic acids is 1. The Labute approximate surface area is 171 Å². The van der Waals surface area contributed by atoms with Crippen molar-refractivity contribution in [2.75, 3.05) is 32.0 Å². The second-order valence-electron chi connectivity index (χ2n) is 8.41. The largest absolute Gasteiger partial charge is 0.326 e. The van der Waals surface area contributed by atoms with E-state index >= 15 is 0 Å². The van der Waals surface area contributed by atoms with Crippen LogP contribution in [0.1, 0.15) is 24.8 Å². The van der Waals surface area contributed by atoms with Crippen molar-refractivity contribution in [3.8, 4) is 0 Å². The van der Waals surface area contributed by atoms with Crippen molar-refractivity contribution in [2.45, 2.75) is 31.8 Å². The molecule has 5 nitrogen and oxygen atoms in total. The number of likely N-dealkylation sites (tertiary alicyclic amines) is 2. The van der Waals surface area contributed by atoms with E-state index in [0.717, 1.165) is 45.4 Å². The highest BCUT2D eigenvalue weighted by Gasteiger charge is 2.39. The summed E-state index contributed by atoms with van der Waals surface area (Å²) in [4.78, 5) is 21.7. The molecule has 0 spiro atoms. The summed E-state index contributed by atoms with van der Waals surface area (Å²) in [7, 11) is 2.13. The SMILES string of the molecule is CN1C[C@H](C(=O)Nc2cccc(F)c2)C[C@@H]1C1CCN(Cc2cccnc2)CC1. The van der Waals surface area contributed by atoms with Gasteiger partial charge in [-0.1, -0.05) is 12.1 Å². The molecule has 1 N–H and O–H groups in total. The van der Waals surface area contributed by atoms with Gasteiger partial charge in [0.1, 0.15) is 5.82 Å². The molecule has 2 aliphatic rings. The van der Waals surface area contributed by atoms with E-state index in [2.05, 4.69) is 33.2 Å². The van der Waals surface area contributed by atoms with Gasteiger partial charge in [0.15, 0.2) is 0 Å². The van der Waals surface area contributed by atoms with Crippen LogP contribution < -0.4 is 5.32 Å². The van der Waals surface area contributed by atoms with E-state index in [-0.39, 0.29) is 17.6 Å². The van der Waals surface area contributed by atoms with Crippen molar-refractivity contribution in [1.82, 2.24) is 14.8 Å². The summed E-state index contributed by atoms with van der Waals surface area (Å²) in [6.45, 7) is 3.90. The number of carbonyl (C=O) groups is 1. The van der Waals surface area contributed by atoms with Crippen molar-refractivity contribution < 1.29 is 9.18 Å². The summed E-state index contributed by atoms with van der Waals surface area (Å²) in [5.41, 5.74) is 1.79. The number of hydrogen-bond donors (Lipinski definition) is 1. The minimum absolute atomic E-state index is 0.000960. The fourth-order valence-corrected chi connectivity index (χ4v) is 4.83. The lowest BCUT2D eigenvalue weighted by Crippen LogP contribution is -2.41. The summed E-state index contributed by atoms with van der Waals surface area (Å²) >= 11 is 0. The monoisotopic (exact) mass is 396 g/mol. The lowest BCUT2D eigenvalue weighted by Gasteiger charge is -2.37. The van der Waals surface area contributed by atoms with E-state index in [0.29, 0.717) is 17.6 Å². The third-order valence-electron chi connectivity index (χ3n) is 6.37. The number of piperidine rings is 1. The molecule has 29 heavy (non-hydrogen) atoms. The number of halogens is 1. The summed E-state index contributed by atoms with van der Waals surface area (Å²) in [5.74, 6) is 0.250. The van der Waals surface area contributed by atoms with Gasteiger partial charge in [-0.15, -0.1) is 0 Å². The average Bonchev–Trinajstić information content (AvgIpc) is 3.11. The van der Waals surface area contributed by atoms with Gasteiger partial charge in [-0.05, 0) is 75.1 Å². The molecule has 1 aromatic carbocycles. The number of hydrogen-bond acceptors (Lipinski definition) is 4. The highest BCUT2D eigenvalue weighted by Crippen LogP contribution is 2.33. The van der Waals surface area contributed by atoms with Crippen LogP contribution in [0.3, 0.4) is 0 Å². The molecule has 1 amide bonds. The number of anilines is 1. The number of nitrogens with zero attached hydrogens (tertiary/aromatic N) is 3. The Morgan fingerprint density at radius 3 is 2.79 bits per heavy atom. The van der Waals surface area contributed by atoms with Crippen molar-refractivity contribution in [3.05, 3.63) is 60.2 Å². The van der Waals surface area contributed by atoms with E-state index < -0.39 is 0 Å². The van der Waals surface area contributed by atoms with Gasteiger partial charge >= 0.3 is 0 Å². The standard InChI is InChI=1S/C23H29FN4O/c1-27-16-19(23(29)26-21-6-2-5-20(24)13-21)12-22(27)18-7-10-28(11-8-18)15-17-4-3-9-25-14-17/h2-6,9,13-14,18-19,22H,7-8,10-12,15-16H2,1H3,(H,26,29)/t19-,22-/m1/s1. The molecular weight excluding hydrogens is 367 g/mol. The number of nitrogens with one attached hydrogen (secondary N) is 1. The summed E-state index contributed by atoms with van der Waals surface area (Å²) in [6.07, 6.45) is 6.96. The van der Waals surface area contributed by atoms with Crippen LogP contribution in [-0.2, 0) is 11.3 Å². The number of aromatic nitrogens is 1. The Balaban J connectivity index is 1.28. The zero-order valence-electron chi connectivity index (χ0n) is 16.9. The van der Waals surface area contributed by atoms with Crippen LogP contribution in [0.15, 0.2) is 48.8 Å². The zero-order valence-corrected chi connectivity index (χ0v) is 16.9. The molecule has 0 saturated carbocycles. The molecule has 1 aromatic heterocycles. The van der Waals surface area contributed by atoms with Gasteiger partial charge in [-0.2, -0.15) is 0 Å². The summed E-state index contributed by atoms with van der Waals surface area (Å²) < 4.78 is 13.4. The molecule has 154 valence electrons. The normalized spacial score (nSPS) is 23.9. The first kappa shape index (κ1) is 20.0. The molecule has 2 fully saturated rings. The summed E-state index contributed by atoms with van der Waals surface area (Å²) in [6, 6.07) is 10.7. The Bertz CT molecular complexity index is 823.